The third-order valence-electron chi connectivity index (χ3n) is 6.85. The van der Waals surface area contributed by atoms with E-state index in [1.807, 2.05) is 0 Å². The van der Waals surface area contributed by atoms with Crippen molar-refractivity contribution in [2.75, 3.05) is 6.54 Å². The summed E-state index contributed by atoms with van der Waals surface area (Å²) in [4.78, 5) is 64.2. The van der Waals surface area contributed by atoms with E-state index in [1.165, 1.54) is 35.6 Å². The molecule has 3 amide bonds. The molecule has 2 aliphatic carbocycles. The molecule has 2 saturated carbocycles. The molecule has 9 nitrogen and oxygen atoms in total. The van der Waals surface area contributed by atoms with Crippen molar-refractivity contribution in [3.05, 3.63) is 62.3 Å². The number of fused-ring (bicyclic) bond motifs is 5. The summed E-state index contributed by atoms with van der Waals surface area (Å²) in [6.45, 7) is -0.502. The van der Waals surface area contributed by atoms with Crippen LogP contribution >= 0.6 is 43.2 Å². The Labute approximate surface area is 214 Å². The molecule has 0 spiro atoms. The molecule has 2 bridgehead atoms. The Morgan fingerprint density at radius 2 is 1.65 bits per heavy atom. The van der Waals surface area contributed by atoms with Gasteiger partial charge in [0.25, 0.3) is 23.4 Å². The zero-order valence-electron chi connectivity index (χ0n) is 17.4. The van der Waals surface area contributed by atoms with Crippen LogP contribution in [0.2, 0.25) is 0 Å². The van der Waals surface area contributed by atoms with E-state index in [2.05, 4.69) is 31.9 Å². The van der Waals surface area contributed by atoms with Crippen LogP contribution in [-0.2, 0) is 9.59 Å². The number of nitro groups is 1. The molecule has 1 aromatic heterocycles. The van der Waals surface area contributed by atoms with Gasteiger partial charge in [-0.1, -0.05) is 37.9 Å². The highest BCUT2D eigenvalue weighted by Crippen LogP contribution is 2.60. The van der Waals surface area contributed by atoms with Crippen molar-refractivity contribution in [2.24, 2.45) is 23.7 Å². The lowest BCUT2D eigenvalue weighted by molar-refractivity contribution is -0.384. The van der Waals surface area contributed by atoms with E-state index in [0.717, 1.165) is 16.4 Å². The zero-order valence-corrected chi connectivity index (χ0v) is 21.4. The third-order valence-corrected chi connectivity index (χ3v) is 11.0. The van der Waals surface area contributed by atoms with Crippen LogP contribution in [0.4, 0.5) is 5.69 Å². The first kappa shape index (κ1) is 23.3. The number of nitrogens with zero attached hydrogens (tertiary/aromatic N) is 3. The van der Waals surface area contributed by atoms with Crippen LogP contribution in [0.5, 0.6) is 0 Å². The Morgan fingerprint density at radius 1 is 1.06 bits per heavy atom. The van der Waals surface area contributed by atoms with E-state index in [0.29, 0.717) is 4.88 Å². The number of non-ortho nitro benzene ring substituents is 1. The Balaban J connectivity index is 1.50. The quantitative estimate of drug-likeness (QED) is 0.162. The smallest absolute Gasteiger partial charge is 0.273 e. The fraction of sp³-hybridized carbons (Fsp3) is 0.364. The first-order chi connectivity index (χ1) is 16.2. The first-order valence-corrected chi connectivity index (χ1v) is 13.2. The molecule has 2 aromatic rings. The second-order valence-electron chi connectivity index (χ2n) is 8.56. The van der Waals surface area contributed by atoms with Crippen molar-refractivity contribution in [3.8, 4) is 0 Å². The number of imide groups is 1. The molecule has 3 aliphatic rings. The summed E-state index contributed by atoms with van der Waals surface area (Å²) in [5.41, 5.74) is -0.175. The van der Waals surface area contributed by atoms with Crippen molar-refractivity contribution in [3.63, 3.8) is 0 Å². The number of carbonyl (C=O) groups is 4. The number of rotatable bonds is 6. The monoisotopic (exact) mass is 609 g/mol. The van der Waals surface area contributed by atoms with Crippen molar-refractivity contribution >= 4 is 72.4 Å². The van der Waals surface area contributed by atoms with Crippen LogP contribution in [0.25, 0.3) is 0 Å². The highest BCUT2D eigenvalue weighted by Gasteiger charge is 2.67. The number of Topliss-reactive ketones (excluding diaryl/α,β-unsaturated/α-hetero) is 1. The zero-order chi connectivity index (χ0) is 24.3. The van der Waals surface area contributed by atoms with Crippen LogP contribution < -0.4 is 0 Å². The number of nitro benzene ring substituents is 1. The maximum atomic E-state index is 13.5. The average molecular weight is 611 g/mol. The molecule has 1 aromatic carbocycles. The number of alkyl halides is 2. The van der Waals surface area contributed by atoms with Gasteiger partial charge in [0, 0.05) is 27.4 Å². The molecule has 0 N–H and O–H groups in total. The van der Waals surface area contributed by atoms with Gasteiger partial charge in [-0.2, -0.15) is 5.01 Å². The highest BCUT2D eigenvalue weighted by molar-refractivity contribution is 9.12. The summed E-state index contributed by atoms with van der Waals surface area (Å²) >= 11 is 8.46. The molecule has 34 heavy (non-hydrogen) atoms. The van der Waals surface area contributed by atoms with Gasteiger partial charge in [0.2, 0.25) is 0 Å². The number of hydrogen-bond acceptors (Lipinski definition) is 7. The van der Waals surface area contributed by atoms with E-state index in [4.69, 9.17) is 0 Å². The lowest BCUT2D eigenvalue weighted by atomic mass is 9.81. The lowest BCUT2D eigenvalue weighted by Gasteiger charge is -2.30. The van der Waals surface area contributed by atoms with Gasteiger partial charge in [-0.25, -0.2) is 5.01 Å². The number of ketones is 1. The summed E-state index contributed by atoms with van der Waals surface area (Å²) in [6, 6.07) is 8.14. The number of carbonyl (C=O) groups excluding carboxylic acids is 4. The second-order valence-corrected chi connectivity index (χ2v) is 11.6. The van der Waals surface area contributed by atoms with E-state index in [-0.39, 0.29) is 32.7 Å². The maximum absolute atomic E-state index is 13.5. The Morgan fingerprint density at radius 3 is 2.15 bits per heavy atom. The number of hydrogen-bond donors (Lipinski definition) is 0. The molecule has 3 fully saturated rings. The number of hydrazine groups is 1. The minimum absolute atomic E-state index is 0.0296. The van der Waals surface area contributed by atoms with Gasteiger partial charge in [0.1, 0.15) is 6.54 Å². The van der Waals surface area contributed by atoms with Gasteiger partial charge < -0.3 is 0 Å². The van der Waals surface area contributed by atoms with E-state index < -0.39 is 46.8 Å². The molecule has 1 saturated heterocycles. The standard InChI is InChI=1S/C22H17Br2N3O6S/c23-18-12-8-13(19(18)24)17-16(12)21(30)26(22(17)31)25(9-14(28)15-2-1-7-34-15)20(29)10-3-5-11(6-4-10)27(32)33/h1-7,12-13,16-19H,8-9H2/t12-,13-,16-,17+,18-,19+/m1/s1. The number of halogens is 2. The number of amides is 3. The predicted molar refractivity (Wildman–Crippen MR) is 129 cm³/mol. The maximum Gasteiger partial charge on any atom is 0.273 e. The fourth-order valence-corrected chi connectivity index (χ4v) is 7.86. The van der Waals surface area contributed by atoms with E-state index in [1.54, 1.807) is 17.5 Å². The average Bonchev–Trinajstić information content (AvgIpc) is 3.59. The Hall–Kier alpha value is -2.44. The fourth-order valence-electron chi connectivity index (χ4n) is 5.33. The van der Waals surface area contributed by atoms with Gasteiger partial charge in [0.15, 0.2) is 5.78 Å². The molecular formula is C22H17Br2N3O6S. The Bertz CT molecular complexity index is 1170. The third kappa shape index (κ3) is 3.54. The number of benzene rings is 1. The van der Waals surface area contributed by atoms with Crippen molar-refractivity contribution in [2.45, 2.75) is 16.1 Å². The van der Waals surface area contributed by atoms with Gasteiger partial charge in [-0.15, -0.1) is 11.3 Å². The van der Waals surface area contributed by atoms with Gasteiger partial charge in [-0.05, 0) is 41.8 Å². The largest absolute Gasteiger partial charge is 0.291 e. The van der Waals surface area contributed by atoms with Crippen LogP contribution in [0.1, 0.15) is 26.5 Å². The minimum atomic E-state index is -0.750. The van der Waals surface area contributed by atoms with E-state index in [9.17, 15) is 29.3 Å². The van der Waals surface area contributed by atoms with Gasteiger partial charge >= 0.3 is 0 Å². The second kappa shape index (κ2) is 8.65. The van der Waals surface area contributed by atoms with E-state index >= 15 is 0 Å². The first-order valence-electron chi connectivity index (χ1n) is 10.5. The van der Waals surface area contributed by atoms with Crippen LogP contribution in [-0.4, -0.2) is 54.6 Å². The van der Waals surface area contributed by atoms with Gasteiger partial charge in [0.05, 0.1) is 21.6 Å². The predicted octanol–water partition coefficient (Wildman–Crippen LogP) is 3.67. The molecule has 1 aliphatic heterocycles. The molecule has 12 heteroatoms. The van der Waals surface area contributed by atoms with Crippen LogP contribution in [0, 0.1) is 33.8 Å². The molecule has 5 rings (SSSR count). The molecular weight excluding hydrogens is 594 g/mol. The summed E-state index contributed by atoms with van der Waals surface area (Å²) in [5, 5.41) is 14.4. The lowest BCUT2D eigenvalue weighted by Crippen LogP contribution is -2.52. The highest BCUT2D eigenvalue weighted by atomic mass is 79.9. The molecule has 6 atom stereocenters. The molecule has 0 radical (unpaired) electrons. The molecule has 176 valence electrons. The summed E-state index contributed by atoms with van der Waals surface area (Å²) in [7, 11) is 0. The Kier molecular flexibility index (Phi) is 5.93. The normalized spacial score (nSPS) is 29.4. The number of thiophene rings is 1. The summed E-state index contributed by atoms with van der Waals surface area (Å²) < 4.78 is 0. The van der Waals surface area contributed by atoms with Crippen molar-refractivity contribution in [1.82, 2.24) is 10.0 Å². The summed E-state index contributed by atoms with van der Waals surface area (Å²) in [6.07, 6.45) is 0.733. The molecule has 2 heterocycles. The van der Waals surface area contributed by atoms with Crippen molar-refractivity contribution < 1.29 is 24.1 Å². The van der Waals surface area contributed by atoms with Crippen LogP contribution in [0.15, 0.2) is 41.8 Å². The van der Waals surface area contributed by atoms with Crippen LogP contribution in [0.3, 0.4) is 0 Å². The topological polar surface area (TPSA) is 118 Å². The molecule has 0 unspecified atom stereocenters. The summed E-state index contributed by atoms with van der Waals surface area (Å²) in [5.74, 6) is -3.35. The van der Waals surface area contributed by atoms with Crippen molar-refractivity contribution in [1.29, 1.82) is 0 Å². The minimum Gasteiger partial charge on any atom is -0.291 e. The SMILES string of the molecule is O=C(CN(C(=O)c1ccc([N+](=O)[O-])cc1)N1C(=O)[C@@H]2[C@H]3C[C@@H]([C@H](Br)[C@@H]3Br)[C@@H]2C1=O)c1cccs1. The van der Waals surface area contributed by atoms with Gasteiger partial charge in [-0.3, -0.25) is 29.3 Å².